The molecule has 3 rings (SSSR count). The summed E-state index contributed by atoms with van der Waals surface area (Å²) in [6, 6.07) is 14.4. The highest BCUT2D eigenvalue weighted by Gasteiger charge is 2.41. The molecule has 1 saturated heterocycles. The van der Waals surface area contributed by atoms with Crippen LogP contribution in [0.5, 0.6) is 0 Å². The van der Waals surface area contributed by atoms with Crippen molar-refractivity contribution >= 4 is 11.6 Å². The molecule has 0 spiro atoms. The molecule has 4 heteroatoms. The second-order valence-electron chi connectivity index (χ2n) is 6.00. The van der Waals surface area contributed by atoms with E-state index >= 15 is 0 Å². The van der Waals surface area contributed by atoms with Crippen LogP contribution in [0.3, 0.4) is 0 Å². The highest BCUT2D eigenvalue weighted by Crippen LogP contribution is 2.36. The Kier molecular flexibility index (Phi) is 4.44. The number of anilines is 1. The number of halogens is 1. The lowest BCUT2D eigenvalue weighted by atomic mass is 9.73. The molecule has 1 heterocycles. The summed E-state index contributed by atoms with van der Waals surface area (Å²) < 4.78 is 19.4. The molecule has 0 aromatic heterocycles. The third kappa shape index (κ3) is 3.13. The molecule has 0 atom stereocenters. The Morgan fingerprint density at radius 3 is 2.52 bits per heavy atom. The quantitative estimate of drug-likeness (QED) is 0.935. The first kappa shape index (κ1) is 15.7. The average molecular weight is 313 g/mol. The van der Waals surface area contributed by atoms with Crippen molar-refractivity contribution in [2.45, 2.75) is 25.2 Å². The van der Waals surface area contributed by atoms with E-state index in [-0.39, 0.29) is 11.6 Å². The van der Waals surface area contributed by atoms with Gasteiger partial charge in [0.1, 0.15) is 5.82 Å². The molecule has 3 nitrogen and oxygen atoms in total. The van der Waals surface area contributed by atoms with Gasteiger partial charge in [0.15, 0.2) is 0 Å². The van der Waals surface area contributed by atoms with E-state index in [1.165, 1.54) is 6.07 Å². The maximum Gasteiger partial charge on any atom is 0.235 e. The van der Waals surface area contributed by atoms with Crippen LogP contribution < -0.4 is 5.32 Å². The smallest absolute Gasteiger partial charge is 0.235 e. The molecular weight excluding hydrogens is 293 g/mol. The van der Waals surface area contributed by atoms with E-state index in [0.29, 0.717) is 26.1 Å². The molecule has 0 radical (unpaired) electrons. The minimum atomic E-state index is -0.671. The summed E-state index contributed by atoms with van der Waals surface area (Å²) >= 11 is 0. The van der Waals surface area contributed by atoms with E-state index in [1.54, 1.807) is 12.1 Å². The van der Waals surface area contributed by atoms with Gasteiger partial charge in [-0.05, 0) is 43.0 Å². The van der Waals surface area contributed by atoms with Crippen molar-refractivity contribution in [1.29, 1.82) is 0 Å². The first-order valence-corrected chi connectivity index (χ1v) is 7.83. The Labute approximate surface area is 135 Å². The molecule has 0 saturated carbocycles. The van der Waals surface area contributed by atoms with E-state index in [2.05, 4.69) is 5.32 Å². The van der Waals surface area contributed by atoms with Crippen molar-refractivity contribution < 1.29 is 13.9 Å². The Morgan fingerprint density at radius 1 is 1.13 bits per heavy atom. The van der Waals surface area contributed by atoms with Crippen LogP contribution in [0.25, 0.3) is 0 Å². The molecule has 1 amide bonds. The van der Waals surface area contributed by atoms with Crippen LogP contribution in [-0.4, -0.2) is 19.1 Å². The predicted octanol–water partition coefficient (Wildman–Crippen LogP) is 3.82. The lowest BCUT2D eigenvalue weighted by molar-refractivity contribution is -0.125. The SMILES string of the molecule is Cc1ccc(F)c(NC(=O)C2(c3ccccc3)CCOCC2)c1. The van der Waals surface area contributed by atoms with Gasteiger partial charge in [-0.2, -0.15) is 0 Å². The molecule has 0 bridgehead atoms. The van der Waals surface area contributed by atoms with Crippen molar-refractivity contribution in [3.8, 4) is 0 Å². The highest BCUT2D eigenvalue weighted by atomic mass is 19.1. The maximum atomic E-state index is 14.0. The zero-order valence-electron chi connectivity index (χ0n) is 13.1. The van der Waals surface area contributed by atoms with Crippen LogP contribution in [0.1, 0.15) is 24.0 Å². The lowest BCUT2D eigenvalue weighted by Gasteiger charge is -2.36. The van der Waals surface area contributed by atoms with Gasteiger partial charge in [-0.15, -0.1) is 0 Å². The van der Waals surface area contributed by atoms with E-state index < -0.39 is 11.2 Å². The van der Waals surface area contributed by atoms with Crippen molar-refractivity contribution in [3.63, 3.8) is 0 Å². The molecule has 23 heavy (non-hydrogen) atoms. The fraction of sp³-hybridized carbons (Fsp3) is 0.316. The fourth-order valence-corrected chi connectivity index (χ4v) is 3.10. The number of rotatable bonds is 3. The third-order valence-electron chi connectivity index (χ3n) is 4.48. The van der Waals surface area contributed by atoms with E-state index in [4.69, 9.17) is 4.74 Å². The number of nitrogens with one attached hydrogen (secondary N) is 1. The van der Waals surface area contributed by atoms with Gasteiger partial charge in [0, 0.05) is 13.2 Å². The zero-order valence-corrected chi connectivity index (χ0v) is 13.1. The standard InChI is InChI=1S/C19H20FNO2/c1-14-7-8-16(20)17(13-14)21-18(22)19(9-11-23-12-10-19)15-5-3-2-4-6-15/h2-8,13H,9-12H2,1H3,(H,21,22). The number of carbonyl (C=O) groups is 1. The van der Waals surface area contributed by atoms with Crippen molar-refractivity contribution in [2.24, 2.45) is 0 Å². The van der Waals surface area contributed by atoms with Crippen molar-refractivity contribution in [1.82, 2.24) is 0 Å². The Balaban J connectivity index is 1.94. The largest absolute Gasteiger partial charge is 0.381 e. The predicted molar refractivity (Wildman–Crippen MR) is 87.9 cm³/mol. The first-order valence-electron chi connectivity index (χ1n) is 7.83. The van der Waals surface area contributed by atoms with Gasteiger partial charge in [0.2, 0.25) is 5.91 Å². The van der Waals surface area contributed by atoms with Crippen LogP contribution in [-0.2, 0) is 14.9 Å². The molecule has 1 N–H and O–H groups in total. The molecule has 0 unspecified atom stereocenters. The topological polar surface area (TPSA) is 38.3 Å². The summed E-state index contributed by atoms with van der Waals surface area (Å²) in [6.07, 6.45) is 1.19. The van der Waals surface area contributed by atoms with Crippen LogP contribution in [0.15, 0.2) is 48.5 Å². The summed E-state index contributed by atoms with van der Waals surface area (Å²) in [5.41, 5.74) is 1.42. The molecule has 1 aliphatic heterocycles. The average Bonchev–Trinajstić information content (AvgIpc) is 2.59. The highest BCUT2D eigenvalue weighted by molar-refractivity contribution is 5.99. The van der Waals surface area contributed by atoms with Crippen LogP contribution >= 0.6 is 0 Å². The van der Waals surface area contributed by atoms with E-state index in [0.717, 1.165) is 11.1 Å². The van der Waals surface area contributed by atoms with Gasteiger partial charge < -0.3 is 10.1 Å². The maximum absolute atomic E-state index is 14.0. The van der Waals surface area contributed by atoms with E-state index in [1.807, 2.05) is 37.3 Å². The number of hydrogen-bond donors (Lipinski definition) is 1. The van der Waals surface area contributed by atoms with Gasteiger partial charge >= 0.3 is 0 Å². The molecule has 1 aliphatic rings. The first-order chi connectivity index (χ1) is 11.1. The van der Waals surface area contributed by atoms with Gasteiger partial charge in [0.05, 0.1) is 11.1 Å². The van der Waals surface area contributed by atoms with Crippen LogP contribution in [0, 0.1) is 12.7 Å². The van der Waals surface area contributed by atoms with Crippen LogP contribution in [0.4, 0.5) is 10.1 Å². The molecule has 120 valence electrons. The molecule has 0 aliphatic carbocycles. The number of hydrogen-bond acceptors (Lipinski definition) is 2. The van der Waals surface area contributed by atoms with Gasteiger partial charge in [0.25, 0.3) is 0 Å². The van der Waals surface area contributed by atoms with Gasteiger partial charge in [-0.3, -0.25) is 4.79 Å². The Morgan fingerprint density at radius 2 is 1.83 bits per heavy atom. The fourth-order valence-electron chi connectivity index (χ4n) is 3.10. The van der Waals surface area contributed by atoms with Crippen molar-refractivity contribution in [3.05, 3.63) is 65.5 Å². The van der Waals surface area contributed by atoms with Gasteiger partial charge in [-0.25, -0.2) is 4.39 Å². The minimum absolute atomic E-state index is 0.170. The summed E-state index contributed by atoms with van der Waals surface area (Å²) in [5.74, 6) is -0.587. The van der Waals surface area contributed by atoms with Gasteiger partial charge in [-0.1, -0.05) is 36.4 Å². The molecule has 2 aromatic carbocycles. The monoisotopic (exact) mass is 313 g/mol. The van der Waals surface area contributed by atoms with Crippen molar-refractivity contribution in [2.75, 3.05) is 18.5 Å². The second-order valence-corrected chi connectivity index (χ2v) is 6.00. The minimum Gasteiger partial charge on any atom is -0.381 e. The van der Waals surface area contributed by atoms with E-state index in [9.17, 15) is 9.18 Å². The molecule has 1 fully saturated rings. The number of amides is 1. The van der Waals surface area contributed by atoms with Crippen LogP contribution in [0.2, 0.25) is 0 Å². The number of aryl methyl sites for hydroxylation is 1. The summed E-state index contributed by atoms with van der Waals surface area (Å²) in [7, 11) is 0. The zero-order chi connectivity index (χ0) is 16.3. The number of ether oxygens (including phenoxy) is 1. The summed E-state index contributed by atoms with van der Waals surface area (Å²) in [5, 5.41) is 2.79. The Bertz CT molecular complexity index is 694. The molecule has 2 aromatic rings. The lowest BCUT2D eigenvalue weighted by Crippen LogP contribution is -2.45. The summed E-state index contributed by atoms with van der Waals surface area (Å²) in [6.45, 7) is 2.92. The molecular formula is C19H20FNO2. The number of carbonyl (C=O) groups excluding carboxylic acids is 1. The Hall–Kier alpha value is -2.20. The summed E-state index contributed by atoms with van der Waals surface area (Å²) in [4.78, 5) is 13.0. The number of benzene rings is 2. The normalized spacial score (nSPS) is 16.8. The third-order valence-corrected chi connectivity index (χ3v) is 4.48. The second kappa shape index (κ2) is 6.50.